The molecule has 0 saturated carbocycles. The zero-order valence-corrected chi connectivity index (χ0v) is 13.9. The highest BCUT2D eigenvalue weighted by Crippen LogP contribution is 2.29. The first-order valence-electron chi connectivity index (χ1n) is 8.00. The number of nitrogens with one attached hydrogen (secondary N) is 2. The summed E-state index contributed by atoms with van der Waals surface area (Å²) in [7, 11) is 0. The number of alkyl halides is 3. The van der Waals surface area contributed by atoms with E-state index in [4.69, 9.17) is 9.47 Å². The highest BCUT2D eigenvalue weighted by molar-refractivity contribution is 5.79. The molecule has 1 aliphatic rings. The van der Waals surface area contributed by atoms with E-state index in [1.165, 1.54) is 12.1 Å². The second kappa shape index (κ2) is 8.89. The Kier molecular flexibility index (Phi) is 6.86. The lowest BCUT2D eigenvalue weighted by Crippen LogP contribution is -2.38. The highest BCUT2D eigenvalue weighted by atomic mass is 19.4. The second-order valence-electron chi connectivity index (χ2n) is 5.47. The quantitative estimate of drug-likeness (QED) is 0.464. The van der Waals surface area contributed by atoms with Gasteiger partial charge in [0.2, 0.25) is 0 Å². The van der Waals surface area contributed by atoms with Crippen LogP contribution in [0.3, 0.4) is 0 Å². The molecule has 9 heteroatoms. The van der Waals surface area contributed by atoms with Crippen molar-refractivity contribution >= 4 is 5.96 Å². The van der Waals surface area contributed by atoms with Crippen molar-refractivity contribution in [3.63, 3.8) is 0 Å². The molecule has 0 bridgehead atoms. The number of aliphatic imine (C=N–C) groups is 1. The van der Waals surface area contributed by atoms with E-state index in [-0.39, 0.29) is 25.8 Å². The minimum atomic E-state index is -4.24. The van der Waals surface area contributed by atoms with Crippen LogP contribution in [0.5, 0.6) is 5.75 Å². The van der Waals surface area contributed by atoms with Crippen molar-refractivity contribution in [3.8, 4) is 5.75 Å². The lowest BCUT2D eigenvalue weighted by Gasteiger charge is -2.21. The Morgan fingerprint density at radius 1 is 1.28 bits per heavy atom. The van der Waals surface area contributed by atoms with Crippen molar-refractivity contribution in [3.05, 3.63) is 29.1 Å². The summed E-state index contributed by atoms with van der Waals surface area (Å²) >= 11 is 0. The third kappa shape index (κ3) is 6.41. The van der Waals surface area contributed by atoms with Gasteiger partial charge in [-0.3, -0.25) is 4.99 Å². The molecular weight excluding hydrogens is 342 g/mol. The maximum Gasteiger partial charge on any atom is 0.390 e. The minimum Gasteiger partial charge on any atom is -0.467 e. The van der Waals surface area contributed by atoms with E-state index in [0.717, 1.165) is 0 Å². The molecule has 25 heavy (non-hydrogen) atoms. The molecule has 0 saturated heterocycles. The molecule has 0 atom stereocenters. The van der Waals surface area contributed by atoms with Gasteiger partial charge in [0, 0.05) is 18.7 Å². The van der Waals surface area contributed by atoms with Crippen molar-refractivity contribution < 1.29 is 27.0 Å². The van der Waals surface area contributed by atoms with Gasteiger partial charge in [-0.25, -0.2) is 4.39 Å². The van der Waals surface area contributed by atoms with Crippen LogP contribution in [0.15, 0.2) is 17.1 Å². The summed E-state index contributed by atoms with van der Waals surface area (Å²) in [4.78, 5) is 3.88. The fourth-order valence-electron chi connectivity index (χ4n) is 2.39. The molecule has 0 aromatic heterocycles. The third-order valence-electron chi connectivity index (χ3n) is 3.45. The molecule has 1 heterocycles. The molecule has 0 radical (unpaired) electrons. The van der Waals surface area contributed by atoms with Gasteiger partial charge < -0.3 is 20.1 Å². The molecule has 140 valence electrons. The Morgan fingerprint density at radius 3 is 2.80 bits per heavy atom. The summed E-state index contributed by atoms with van der Waals surface area (Å²) in [5.41, 5.74) is 1.32. The molecular formula is C16H21F4N3O2. The van der Waals surface area contributed by atoms with E-state index in [1.54, 1.807) is 0 Å². The van der Waals surface area contributed by atoms with Crippen LogP contribution in [0.2, 0.25) is 0 Å². The average Bonchev–Trinajstić information content (AvgIpc) is 2.53. The second-order valence-corrected chi connectivity index (χ2v) is 5.47. The van der Waals surface area contributed by atoms with Gasteiger partial charge in [0.05, 0.1) is 19.6 Å². The van der Waals surface area contributed by atoms with E-state index in [9.17, 15) is 17.6 Å². The smallest absolute Gasteiger partial charge is 0.390 e. The summed E-state index contributed by atoms with van der Waals surface area (Å²) in [6.07, 6.45) is -4.78. The Labute approximate surface area is 143 Å². The van der Waals surface area contributed by atoms with E-state index < -0.39 is 12.6 Å². The monoisotopic (exact) mass is 363 g/mol. The van der Waals surface area contributed by atoms with Gasteiger partial charge in [-0.05, 0) is 31.0 Å². The van der Waals surface area contributed by atoms with E-state index in [1.807, 2.05) is 6.92 Å². The van der Waals surface area contributed by atoms with Gasteiger partial charge in [-0.1, -0.05) is 0 Å². The Morgan fingerprint density at radius 2 is 2.08 bits per heavy atom. The van der Waals surface area contributed by atoms with Crippen molar-refractivity contribution in [1.29, 1.82) is 0 Å². The number of benzene rings is 1. The summed E-state index contributed by atoms with van der Waals surface area (Å²) in [6.45, 7) is 2.76. The number of rotatable bonds is 6. The van der Waals surface area contributed by atoms with Crippen LogP contribution in [0.25, 0.3) is 0 Å². The van der Waals surface area contributed by atoms with Crippen LogP contribution in [0.4, 0.5) is 17.6 Å². The lowest BCUT2D eigenvalue weighted by atomic mass is 10.1. The topological polar surface area (TPSA) is 54.9 Å². The van der Waals surface area contributed by atoms with Gasteiger partial charge in [0.25, 0.3) is 0 Å². The van der Waals surface area contributed by atoms with Gasteiger partial charge in [0.15, 0.2) is 12.8 Å². The van der Waals surface area contributed by atoms with Crippen LogP contribution >= 0.6 is 0 Å². The molecule has 0 unspecified atom stereocenters. The van der Waals surface area contributed by atoms with Crippen molar-refractivity contribution in [2.24, 2.45) is 4.99 Å². The van der Waals surface area contributed by atoms with Crippen LogP contribution in [0, 0.1) is 5.82 Å². The zero-order valence-electron chi connectivity index (χ0n) is 13.9. The number of guanidine groups is 1. The first kappa shape index (κ1) is 19.3. The Bertz CT molecular complexity index is 606. The third-order valence-corrected chi connectivity index (χ3v) is 3.45. The summed E-state index contributed by atoms with van der Waals surface area (Å²) < 4.78 is 60.8. The fraction of sp³-hybridized carbons (Fsp3) is 0.562. The van der Waals surface area contributed by atoms with E-state index >= 15 is 0 Å². The Balaban J connectivity index is 1.93. The summed E-state index contributed by atoms with van der Waals surface area (Å²) in [5.74, 6) is 0.517. The van der Waals surface area contributed by atoms with Crippen LogP contribution < -0.4 is 15.4 Å². The predicted molar refractivity (Wildman–Crippen MR) is 85.0 cm³/mol. The number of hydrogen-bond donors (Lipinski definition) is 2. The molecule has 1 aromatic carbocycles. The van der Waals surface area contributed by atoms with Gasteiger partial charge in [0.1, 0.15) is 11.6 Å². The van der Waals surface area contributed by atoms with Crippen LogP contribution in [-0.2, 0) is 17.8 Å². The highest BCUT2D eigenvalue weighted by Gasteiger charge is 2.26. The molecule has 0 fully saturated rings. The van der Waals surface area contributed by atoms with Crippen molar-refractivity contribution in [1.82, 2.24) is 10.6 Å². The molecule has 0 spiro atoms. The van der Waals surface area contributed by atoms with E-state index in [0.29, 0.717) is 42.3 Å². The maximum atomic E-state index is 13.7. The molecule has 0 aliphatic carbocycles. The summed E-state index contributed by atoms with van der Waals surface area (Å²) in [6, 6.07) is 2.76. The summed E-state index contributed by atoms with van der Waals surface area (Å²) in [5, 5.41) is 5.82. The largest absolute Gasteiger partial charge is 0.467 e. The van der Waals surface area contributed by atoms with Crippen molar-refractivity contribution in [2.45, 2.75) is 32.5 Å². The number of halogens is 4. The minimum absolute atomic E-state index is 0.112. The number of ether oxygens (including phenoxy) is 2. The molecule has 2 N–H and O–H groups in total. The molecule has 5 nitrogen and oxygen atoms in total. The molecule has 2 rings (SSSR count). The lowest BCUT2D eigenvalue weighted by molar-refractivity contribution is -0.132. The molecule has 0 amide bonds. The number of hydrogen-bond acceptors (Lipinski definition) is 3. The Hall–Kier alpha value is -2.03. The average molecular weight is 363 g/mol. The SMILES string of the molecule is CCNC(=NCCC(F)(F)F)NCCc1cc(F)cc2c1OCOC2. The zero-order chi connectivity index (χ0) is 18.3. The first-order valence-corrected chi connectivity index (χ1v) is 8.00. The first-order chi connectivity index (χ1) is 11.9. The standard InChI is InChI=1S/C16H21F4N3O2/c1-2-21-15(23-6-4-16(18,19)20)22-5-3-11-7-13(17)8-12-9-24-10-25-14(11)12/h7-8H,2-6,9-10H2,1H3,(H2,21,22,23). The molecule has 1 aliphatic heterocycles. The van der Waals surface area contributed by atoms with Gasteiger partial charge in [-0.2, -0.15) is 13.2 Å². The fourth-order valence-corrected chi connectivity index (χ4v) is 2.39. The maximum absolute atomic E-state index is 13.7. The number of nitrogens with zero attached hydrogens (tertiary/aromatic N) is 1. The van der Waals surface area contributed by atoms with E-state index in [2.05, 4.69) is 15.6 Å². The van der Waals surface area contributed by atoms with Crippen molar-refractivity contribution in [2.75, 3.05) is 26.4 Å². The number of fused-ring (bicyclic) bond motifs is 1. The van der Waals surface area contributed by atoms with Gasteiger partial charge in [-0.15, -0.1) is 0 Å². The van der Waals surface area contributed by atoms with Crippen LogP contribution in [-0.4, -0.2) is 38.6 Å². The molecule has 1 aromatic rings. The van der Waals surface area contributed by atoms with Crippen LogP contribution in [0.1, 0.15) is 24.5 Å². The van der Waals surface area contributed by atoms with Gasteiger partial charge >= 0.3 is 6.18 Å². The predicted octanol–water partition coefficient (Wildman–Crippen LogP) is 2.74. The normalized spacial score (nSPS) is 14.7.